The Morgan fingerprint density at radius 1 is 1.20 bits per heavy atom. The van der Waals surface area contributed by atoms with Gasteiger partial charge in [-0.25, -0.2) is 0 Å². The smallest absolute Gasteiger partial charge is 0.236 e. The number of benzene rings is 1. The van der Waals surface area contributed by atoms with Gasteiger partial charge in [0.05, 0.1) is 6.54 Å². The predicted octanol–water partition coefficient (Wildman–Crippen LogP) is 0.540. The molecule has 2 fully saturated rings. The summed E-state index contributed by atoms with van der Waals surface area (Å²) in [5.74, 6) is 0.383. The number of rotatable bonds is 4. The van der Waals surface area contributed by atoms with Crippen molar-refractivity contribution in [3.05, 3.63) is 35.9 Å². The number of piperidine rings is 1. The van der Waals surface area contributed by atoms with E-state index in [2.05, 4.69) is 22.3 Å². The molecule has 6 heteroatoms. The van der Waals surface area contributed by atoms with Crippen molar-refractivity contribution in [3.63, 3.8) is 0 Å². The van der Waals surface area contributed by atoms with Gasteiger partial charge in [-0.3, -0.25) is 14.5 Å². The molecule has 3 atom stereocenters. The van der Waals surface area contributed by atoms with E-state index in [1.165, 1.54) is 12.5 Å². The van der Waals surface area contributed by atoms with Crippen LogP contribution in [0.1, 0.15) is 31.2 Å². The minimum absolute atomic E-state index is 0.0319. The number of hydrogen-bond acceptors (Lipinski definition) is 4. The molecular formula is C19H28N4O2. The molecule has 6 nitrogen and oxygen atoms in total. The molecule has 0 aromatic heterocycles. The van der Waals surface area contributed by atoms with E-state index < -0.39 is 0 Å². The Morgan fingerprint density at radius 3 is 2.68 bits per heavy atom. The van der Waals surface area contributed by atoms with Crippen molar-refractivity contribution in [2.45, 2.75) is 37.8 Å². The average Bonchev–Trinajstić information content (AvgIpc) is 2.95. The van der Waals surface area contributed by atoms with Gasteiger partial charge in [-0.1, -0.05) is 30.3 Å². The fourth-order valence-corrected chi connectivity index (χ4v) is 4.00. The average molecular weight is 344 g/mol. The van der Waals surface area contributed by atoms with Crippen LogP contribution in [-0.4, -0.2) is 66.4 Å². The SMILES string of the molecule is CC(=O)NC1CCCN(C(=O)CN2C[C@@H](N)[C@H](c3ccccc3)C2)C1. The molecule has 1 aromatic carbocycles. The Kier molecular flexibility index (Phi) is 5.71. The molecule has 2 heterocycles. The summed E-state index contributed by atoms with van der Waals surface area (Å²) in [7, 11) is 0. The summed E-state index contributed by atoms with van der Waals surface area (Å²) >= 11 is 0. The van der Waals surface area contributed by atoms with Gasteiger partial charge < -0.3 is 16.0 Å². The van der Waals surface area contributed by atoms with Crippen LogP contribution in [0.2, 0.25) is 0 Å². The van der Waals surface area contributed by atoms with E-state index in [4.69, 9.17) is 5.73 Å². The van der Waals surface area contributed by atoms with Crippen molar-refractivity contribution in [2.75, 3.05) is 32.7 Å². The first-order valence-electron chi connectivity index (χ1n) is 9.10. The zero-order valence-electron chi connectivity index (χ0n) is 14.9. The second-order valence-corrected chi connectivity index (χ2v) is 7.25. The number of likely N-dealkylation sites (tertiary alicyclic amines) is 2. The summed E-state index contributed by atoms with van der Waals surface area (Å²) in [6, 6.07) is 10.4. The highest BCUT2D eigenvalue weighted by Gasteiger charge is 2.33. The maximum Gasteiger partial charge on any atom is 0.236 e. The first kappa shape index (κ1) is 17.9. The van der Waals surface area contributed by atoms with Gasteiger partial charge >= 0.3 is 0 Å². The van der Waals surface area contributed by atoms with Crippen LogP contribution >= 0.6 is 0 Å². The van der Waals surface area contributed by atoms with E-state index in [1.54, 1.807) is 0 Å². The van der Waals surface area contributed by atoms with Gasteiger partial charge in [0.1, 0.15) is 0 Å². The molecule has 3 N–H and O–H groups in total. The number of hydrogen-bond donors (Lipinski definition) is 2. The minimum Gasteiger partial charge on any atom is -0.352 e. The summed E-state index contributed by atoms with van der Waals surface area (Å²) in [6.45, 7) is 4.88. The third-order valence-corrected chi connectivity index (χ3v) is 5.21. The maximum atomic E-state index is 12.7. The molecule has 136 valence electrons. The van der Waals surface area contributed by atoms with Crippen LogP contribution < -0.4 is 11.1 Å². The van der Waals surface area contributed by atoms with Gasteiger partial charge in [-0.2, -0.15) is 0 Å². The zero-order valence-corrected chi connectivity index (χ0v) is 14.9. The van der Waals surface area contributed by atoms with E-state index in [1.807, 2.05) is 23.1 Å². The molecule has 2 aliphatic heterocycles. The van der Waals surface area contributed by atoms with E-state index in [0.717, 1.165) is 32.5 Å². The quantitative estimate of drug-likeness (QED) is 0.836. The van der Waals surface area contributed by atoms with Crippen molar-refractivity contribution in [1.29, 1.82) is 0 Å². The molecule has 1 unspecified atom stereocenters. The summed E-state index contributed by atoms with van der Waals surface area (Å²) in [6.07, 6.45) is 1.87. The number of carbonyl (C=O) groups is 2. The summed E-state index contributed by atoms with van der Waals surface area (Å²) in [4.78, 5) is 27.9. The number of nitrogens with two attached hydrogens (primary N) is 1. The molecule has 2 amide bonds. The lowest BCUT2D eigenvalue weighted by atomic mass is 9.95. The highest BCUT2D eigenvalue weighted by molar-refractivity contribution is 5.79. The van der Waals surface area contributed by atoms with Crippen LogP contribution in [0, 0.1) is 0 Å². The van der Waals surface area contributed by atoms with Gasteiger partial charge in [-0.15, -0.1) is 0 Å². The summed E-state index contributed by atoms with van der Waals surface area (Å²) < 4.78 is 0. The van der Waals surface area contributed by atoms with Crippen LogP contribution in [0.3, 0.4) is 0 Å². The second kappa shape index (κ2) is 7.97. The van der Waals surface area contributed by atoms with Gasteiger partial charge in [-0.05, 0) is 18.4 Å². The standard InChI is InChI=1S/C19H28N4O2/c1-14(24)21-16-8-5-9-23(10-16)19(25)13-22-11-17(18(20)12-22)15-6-3-2-4-7-15/h2-4,6-7,16-18H,5,8-13,20H2,1H3,(H,21,24)/t16?,17-,18+/m0/s1. The topological polar surface area (TPSA) is 78.7 Å². The van der Waals surface area contributed by atoms with Gasteiger partial charge in [0, 0.05) is 51.1 Å². The normalized spacial score (nSPS) is 27.3. The fraction of sp³-hybridized carbons (Fsp3) is 0.579. The Morgan fingerprint density at radius 2 is 1.96 bits per heavy atom. The highest BCUT2D eigenvalue weighted by atomic mass is 16.2. The van der Waals surface area contributed by atoms with Crippen LogP contribution in [0.15, 0.2) is 30.3 Å². The van der Waals surface area contributed by atoms with E-state index in [-0.39, 0.29) is 29.8 Å². The third kappa shape index (κ3) is 4.58. The van der Waals surface area contributed by atoms with Crippen LogP contribution in [0.25, 0.3) is 0 Å². The summed E-state index contributed by atoms with van der Waals surface area (Å²) in [5.41, 5.74) is 7.56. The lowest BCUT2D eigenvalue weighted by Gasteiger charge is -2.34. The zero-order chi connectivity index (χ0) is 17.8. The number of nitrogens with one attached hydrogen (secondary N) is 1. The van der Waals surface area contributed by atoms with E-state index in [9.17, 15) is 9.59 Å². The summed E-state index contributed by atoms with van der Waals surface area (Å²) in [5, 5.41) is 2.93. The highest BCUT2D eigenvalue weighted by Crippen LogP contribution is 2.26. The molecule has 0 bridgehead atoms. The van der Waals surface area contributed by atoms with Crippen molar-refractivity contribution in [1.82, 2.24) is 15.1 Å². The molecule has 0 spiro atoms. The first-order chi connectivity index (χ1) is 12.0. The number of amides is 2. The minimum atomic E-state index is -0.0319. The van der Waals surface area contributed by atoms with Gasteiger partial charge in [0.2, 0.25) is 11.8 Å². The Balaban J connectivity index is 1.54. The predicted molar refractivity (Wildman–Crippen MR) is 97.0 cm³/mol. The number of carbonyl (C=O) groups excluding carboxylic acids is 2. The lowest BCUT2D eigenvalue weighted by molar-refractivity contribution is -0.134. The Labute approximate surface area is 149 Å². The molecule has 1 aromatic rings. The van der Waals surface area contributed by atoms with E-state index >= 15 is 0 Å². The fourth-order valence-electron chi connectivity index (χ4n) is 4.00. The van der Waals surface area contributed by atoms with Crippen molar-refractivity contribution in [2.24, 2.45) is 5.73 Å². The van der Waals surface area contributed by atoms with E-state index in [0.29, 0.717) is 13.1 Å². The molecular weight excluding hydrogens is 316 g/mol. The van der Waals surface area contributed by atoms with Crippen molar-refractivity contribution >= 4 is 11.8 Å². The largest absolute Gasteiger partial charge is 0.352 e. The van der Waals surface area contributed by atoms with Crippen LogP contribution in [0.4, 0.5) is 0 Å². The maximum absolute atomic E-state index is 12.7. The lowest BCUT2D eigenvalue weighted by Crippen LogP contribution is -2.51. The van der Waals surface area contributed by atoms with Crippen molar-refractivity contribution in [3.8, 4) is 0 Å². The molecule has 2 aliphatic rings. The van der Waals surface area contributed by atoms with Crippen LogP contribution in [0.5, 0.6) is 0 Å². The molecule has 2 saturated heterocycles. The van der Waals surface area contributed by atoms with Gasteiger partial charge in [0.15, 0.2) is 0 Å². The Bertz CT molecular complexity index is 607. The van der Waals surface area contributed by atoms with Gasteiger partial charge in [0.25, 0.3) is 0 Å². The molecule has 0 aliphatic carbocycles. The second-order valence-electron chi connectivity index (χ2n) is 7.25. The number of nitrogens with zero attached hydrogens (tertiary/aromatic N) is 2. The third-order valence-electron chi connectivity index (χ3n) is 5.21. The monoisotopic (exact) mass is 344 g/mol. The Hall–Kier alpha value is -1.92. The molecule has 3 rings (SSSR count). The first-order valence-corrected chi connectivity index (χ1v) is 9.10. The van der Waals surface area contributed by atoms with Crippen LogP contribution in [-0.2, 0) is 9.59 Å². The molecule has 25 heavy (non-hydrogen) atoms. The molecule has 0 radical (unpaired) electrons. The molecule has 0 saturated carbocycles. The van der Waals surface area contributed by atoms with Crippen molar-refractivity contribution < 1.29 is 9.59 Å².